The van der Waals surface area contributed by atoms with Crippen LogP contribution in [0.2, 0.25) is 0 Å². The Morgan fingerprint density at radius 3 is 1.56 bits per heavy atom. The number of likely N-dealkylation sites (N-methyl/N-ethyl adjacent to an activating group) is 2. The summed E-state index contributed by atoms with van der Waals surface area (Å²) in [5.74, 6) is -5.95. The van der Waals surface area contributed by atoms with Gasteiger partial charge in [-0.05, 0) is 76.4 Å². The van der Waals surface area contributed by atoms with E-state index < -0.39 is 64.2 Å². The number of nitrogens with one attached hydrogen (secondary N) is 2. The number of ether oxygens (including phenoxy) is 4. The Morgan fingerprint density at radius 2 is 1.05 bits per heavy atom. The van der Waals surface area contributed by atoms with Gasteiger partial charge in [-0.2, -0.15) is 8.42 Å². The molecular formula is C64H101N5O21S. The Balaban J connectivity index is 0.00000150. The van der Waals surface area contributed by atoms with Gasteiger partial charge in [-0.25, -0.2) is 0 Å². The van der Waals surface area contributed by atoms with Crippen LogP contribution in [-0.4, -0.2) is 202 Å². The molecule has 0 saturated heterocycles. The Kier molecular flexibility index (Phi) is 45.3. The summed E-state index contributed by atoms with van der Waals surface area (Å²) in [6.07, 6.45) is 16.7. The van der Waals surface area contributed by atoms with E-state index in [1.54, 1.807) is 14.1 Å². The number of nitrogens with zero attached hydrogens (tertiary/aromatic N) is 2. The van der Waals surface area contributed by atoms with Crippen LogP contribution in [0, 0.1) is 5.92 Å². The topological polar surface area (TPSA) is 388 Å². The lowest BCUT2D eigenvalue weighted by atomic mass is 9.94. The Hall–Kier alpha value is -6.59. The molecule has 27 heteroatoms. The van der Waals surface area contributed by atoms with E-state index in [2.05, 4.69) is 14.8 Å². The van der Waals surface area contributed by atoms with Crippen LogP contribution in [0.4, 0.5) is 0 Å². The van der Waals surface area contributed by atoms with Crippen LogP contribution < -0.4 is 20.6 Å². The third kappa shape index (κ3) is 44.5. The molecule has 3 amide bonds. The maximum absolute atomic E-state index is 12.6. The minimum Gasteiger partial charge on any atom is -0.481 e. The second-order valence-corrected chi connectivity index (χ2v) is 23.6. The summed E-state index contributed by atoms with van der Waals surface area (Å²) >= 11 is 0. The van der Waals surface area contributed by atoms with Crippen molar-refractivity contribution >= 4 is 69.2 Å². The van der Waals surface area contributed by atoms with Crippen molar-refractivity contribution in [1.82, 2.24) is 20.4 Å². The minimum absolute atomic E-state index is 0.0151. The first kappa shape index (κ1) is 82.4. The summed E-state index contributed by atoms with van der Waals surface area (Å²) in [7, 11) is 0.0636. The lowest BCUT2D eigenvalue weighted by Gasteiger charge is -2.31. The molecule has 0 bridgehead atoms. The minimum atomic E-state index is -4.65. The first-order chi connectivity index (χ1) is 43.3. The molecule has 0 aliphatic heterocycles. The van der Waals surface area contributed by atoms with Gasteiger partial charge in [0.2, 0.25) is 17.7 Å². The number of primary amides is 1. The van der Waals surface area contributed by atoms with Crippen LogP contribution in [0.1, 0.15) is 159 Å². The van der Waals surface area contributed by atoms with E-state index in [9.17, 15) is 61.5 Å². The summed E-state index contributed by atoms with van der Waals surface area (Å²) in [5, 5.41) is 32.8. The number of carbonyl (C=O) groups excluding carboxylic acids is 7. The van der Waals surface area contributed by atoms with E-state index in [0.29, 0.717) is 25.0 Å². The number of carboxylic acid groups (broad SMARTS) is 3. The van der Waals surface area contributed by atoms with Crippen molar-refractivity contribution in [3.63, 3.8) is 0 Å². The highest BCUT2D eigenvalue weighted by Crippen LogP contribution is 2.19. The monoisotopic (exact) mass is 1310 g/mol. The highest BCUT2D eigenvalue weighted by atomic mass is 32.3. The number of hydrogen-bond donors (Lipinski definition) is 7. The predicted octanol–water partition coefficient (Wildman–Crippen LogP) is 5.77. The van der Waals surface area contributed by atoms with Crippen molar-refractivity contribution in [2.45, 2.75) is 179 Å². The number of nitrogens with two attached hydrogens (primary N) is 1. The summed E-state index contributed by atoms with van der Waals surface area (Å²) in [5.41, 5.74) is 6.98. The zero-order valence-corrected chi connectivity index (χ0v) is 54.5. The highest BCUT2D eigenvalue weighted by molar-refractivity contribution is 7.81. The molecule has 0 aromatic heterocycles. The van der Waals surface area contributed by atoms with Crippen LogP contribution in [-0.2, 0) is 90.1 Å². The summed E-state index contributed by atoms with van der Waals surface area (Å²) in [4.78, 5) is 121. The molecule has 0 unspecified atom stereocenters. The van der Waals surface area contributed by atoms with E-state index in [0.717, 1.165) is 50.5 Å². The third-order valence-electron chi connectivity index (χ3n) is 14.5. The second-order valence-electron chi connectivity index (χ2n) is 22.6. The van der Waals surface area contributed by atoms with Gasteiger partial charge >= 0.3 is 28.3 Å². The Labute approximate surface area is 536 Å². The molecule has 4 atom stereocenters. The molecule has 0 aliphatic carbocycles. The van der Waals surface area contributed by atoms with Gasteiger partial charge in [0.1, 0.15) is 36.6 Å². The number of ketones is 4. The first-order valence-corrected chi connectivity index (χ1v) is 32.7. The van der Waals surface area contributed by atoms with Crippen molar-refractivity contribution in [1.29, 1.82) is 0 Å². The highest BCUT2D eigenvalue weighted by Gasteiger charge is 2.33. The molecule has 2 aromatic rings. The third-order valence-corrected chi connectivity index (χ3v) is 14.9. The van der Waals surface area contributed by atoms with Gasteiger partial charge in [0, 0.05) is 58.7 Å². The fourth-order valence-electron chi connectivity index (χ4n) is 9.32. The Morgan fingerprint density at radius 1 is 0.549 bits per heavy atom. The molecule has 0 radical (unpaired) electrons. The molecule has 514 valence electrons. The zero-order valence-electron chi connectivity index (χ0n) is 53.7. The van der Waals surface area contributed by atoms with E-state index in [-0.39, 0.29) is 145 Å². The number of benzene rings is 2. The number of hydrogen-bond acceptors (Lipinski definition) is 19. The Bertz CT molecular complexity index is 2570. The van der Waals surface area contributed by atoms with Gasteiger partial charge < -0.3 is 59.7 Å². The van der Waals surface area contributed by atoms with E-state index in [4.69, 9.17) is 39.4 Å². The number of aliphatic carboxylic acids is 3. The largest absolute Gasteiger partial charge is 0.481 e. The fourth-order valence-corrected chi connectivity index (χ4v) is 9.67. The molecule has 0 heterocycles. The normalized spacial score (nSPS) is 12.6. The summed E-state index contributed by atoms with van der Waals surface area (Å²) < 4.78 is 56.4. The average Bonchev–Trinajstić information content (AvgIpc) is 1.61. The van der Waals surface area contributed by atoms with Crippen LogP contribution in [0.15, 0.2) is 54.6 Å². The maximum Gasteiger partial charge on any atom is 0.446 e. The van der Waals surface area contributed by atoms with Gasteiger partial charge in [-0.3, -0.25) is 57.4 Å². The predicted molar refractivity (Wildman–Crippen MR) is 337 cm³/mol. The van der Waals surface area contributed by atoms with Crippen LogP contribution in [0.3, 0.4) is 0 Å². The van der Waals surface area contributed by atoms with Gasteiger partial charge in [-0.15, -0.1) is 0 Å². The summed E-state index contributed by atoms with van der Waals surface area (Å²) in [6, 6.07) is 12.6. The molecule has 26 nitrogen and oxygen atoms in total. The molecule has 0 aliphatic rings. The number of carbonyl (C=O) groups is 10. The number of amides is 3. The van der Waals surface area contributed by atoms with Crippen molar-refractivity contribution < 1.29 is 99.4 Å². The maximum atomic E-state index is 12.6. The molecule has 0 saturated carbocycles. The van der Waals surface area contributed by atoms with E-state index in [1.165, 1.54) is 93.0 Å². The number of carboxylic acids is 3. The number of unbranched alkanes of at least 4 members (excludes halogenated alkanes) is 13. The lowest BCUT2D eigenvalue weighted by Crippen LogP contribution is -2.53. The van der Waals surface area contributed by atoms with Gasteiger partial charge in [0.25, 0.3) is 0 Å². The molecule has 91 heavy (non-hydrogen) atoms. The molecule has 0 fully saturated rings. The zero-order chi connectivity index (χ0) is 67.8. The van der Waals surface area contributed by atoms with Crippen LogP contribution in [0.25, 0.3) is 0 Å². The lowest BCUT2D eigenvalue weighted by molar-refractivity contribution is -0.147. The van der Waals surface area contributed by atoms with Gasteiger partial charge in [0.05, 0.1) is 64.0 Å². The van der Waals surface area contributed by atoms with Crippen molar-refractivity contribution in [3.05, 3.63) is 65.7 Å². The van der Waals surface area contributed by atoms with Crippen LogP contribution >= 0.6 is 0 Å². The quantitative estimate of drug-likeness (QED) is 0.0305. The average molecular weight is 1310 g/mol. The molecule has 2 rings (SSSR count). The number of Topliss-reactive ketones (excluding diaryl/α,β-unsaturated/α-hetero) is 4. The SMILES string of the molecule is CC(=O)[C@H](Cc1ccc(OS(=O)(=O)O)cc1)NCC(=O)COCCOCCCC(=O)COCCOCCNC(=O)CC[C@H](CC(=O)CCCCCCCCCCCCCCCCC(=O)O)C(=O)O.CN(C)[C@H](CC(=O)O)C(=O)N(C)[C@@H](Cc1ccccc1)C(N)=O. The second kappa shape index (κ2) is 50.0. The van der Waals surface area contributed by atoms with Gasteiger partial charge in [0.15, 0.2) is 11.6 Å². The smallest absolute Gasteiger partial charge is 0.446 e. The van der Waals surface area contributed by atoms with Crippen molar-refractivity contribution in [2.75, 3.05) is 87.1 Å². The number of rotatable bonds is 56. The molecular weight excluding hydrogens is 1210 g/mol. The molecule has 8 N–H and O–H groups in total. The standard InChI is InChI=1S/C48H78N2O17S.C16H23N3O4/c1-38(51)45(33-39-20-23-44(24-21-39)67-68(60,61)62)50-35-43(54)37-66-31-29-63-27-16-18-42(53)36-65-32-30-64-28-26-49-46(55)25-22-40(48(58)59)34-41(52)17-14-12-10-8-6-4-2-3-5-7-9-11-13-15-19-47(56)57;1-18(2)13(10-14(20)21)16(23)19(3)12(15(17)22)9-11-7-5-4-6-8-11/h20-21,23-24,40,45,50H,2-19,22,25-37H2,1H3,(H,49,55)(H,56,57)(H,58,59)(H,60,61,62);4-8,12-13H,9-10H2,1-3H3,(H2,17,22)(H,20,21)/t40-,45+;12-,13+/m10/s1. The first-order valence-electron chi connectivity index (χ1n) is 31.3. The van der Waals surface area contributed by atoms with Crippen LogP contribution in [0.5, 0.6) is 5.75 Å². The summed E-state index contributed by atoms with van der Waals surface area (Å²) in [6.45, 7) is 2.49. The van der Waals surface area contributed by atoms with Gasteiger partial charge in [-0.1, -0.05) is 120 Å². The van der Waals surface area contributed by atoms with Crippen molar-refractivity contribution in [3.8, 4) is 5.75 Å². The van der Waals surface area contributed by atoms with E-state index >= 15 is 0 Å². The fraction of sp³-hybridized carbons (Fsp3) is 0.656. The molecule has 0 spiro atoms. The van der Waals surface area contributed by atoms with E-state index in [1.807, 2.05) is 30.3 Å². The van der Waals surface area contributed by atoms with Crippen molar-refractivity contribution in [2.24, 2.45) is 11.7 Å². The molecule has 2 aromatic carbocycles.